The Morgan fingerprint density at radius 3 is 2.53 bits per heavy atom. The van der Waals surface area contributed by atoms with Gasteiger partial charge in [0.05, 0.1) is 32.2 Å². The Morgan fingerprint density at radius 1 is 1.21 bits per heavy atom. The van der Waals surface area contributed by atoms with Gasteiger partial charge in [0.15, 0.2) is 15.6 Å². The number of aliphatic hydroxyl groups is 3. The van der Waals surface area contributed by atoms with E-state index in [2.05, 4.69) is 25.6 Å². The first-order chi connectivity index (χ1) is 17.6. The van der Waals surface area contributed by atoms with Gasteiger partial charge in [0.2, 0.25) is 5.95 Å². The highest BCUT2D eigenvalue weighted by molar-refractivity contribution is 7.92. The van der Waals surface area contributed by atoms with Crippen LogP contribution in [0.2, 0.25) is 0 Å². The van der Waals surface area contributed by atoms with E-state index in [1.54, 1.807) is 40.8 Å². The maximum atomic E-state index is 12.7. The van der Waals surface area contributed by atoms with Crippen molar-refractivity contribution in [2.45, 2.75) is 77.0 Å². The minimum atomic E-state index is -3.40. The minimum Gasteiger partial charge on any atom is -0.396 e. The first kappa shape index (κ1) is 28.6. The number of thiazole rings is 1. The van der Waals surface area contributed by atoms with Gasteiger partial charge in [-0.05, 0) is 60.5 Å². The summed E-state index contributed by atoms with van der Waals surface area (Å²) in [6, 6.07) is 1.38. The molecule has 1 fully saturated rings. The molecule has 1 aliphatic rings. The standard InChI is InChI=1S/C25H36N6O5S2/c1-13(12-38(35,36)24(4,5)6)27-23-28-14(2)18(22-29-19-15(3)26-10-8-17(19)37-22)21(30-23)31-25(34)9-7-16(11-32)20(25)33/h8,10,13,16,20,32-34H,7,9,11-12H2,1-6H3,(H2,27,28,30,31). The van der Waals surface area contributed by atoms with Gasteiger partial charge in [-0.1, -0.05) is 0 Å². The van der Waals surface area contributed by atoms with Crippen LogP contribution in [0.15, 0.2) is 12.3 Å². The van der Waals surface area contributed by atoms with Crippen molar-refractivity contribution in [1.82, 2.24) is 19.9 Å². The molecule has 38 heavy (non-hydrogen) atoms. The Bertz CT molecular complexity index is 1440. The van der Waals surface area contributed by atoms with Crippen LogP contribution in [0.3, 0.4) is 0 Å². The lowest BCUT2D eigenvalue weighted by Gasteiger charge is -2.31. The molecule has 0 spiro atoms. The first-order valence-corrected chi connectivity index (χ1v) is 15.0. The number of nitrogens with one attached hydrogen (secondary N) is 2. The normalized spacial score (nSPS) is 23.1. The van der Waals surface area contributed by atoms with Gasteiger partial charge < -0.3 is 26.0 Å². The number of rotatable bonds is 8. The van der Waals surface area contributed by atoms with E-state index in [0.717, 1.165) is 15.9 Å². The zero-order chi connectivity index (χ0) is 28.0. The van der Waals surface area contributed by atoms with E-state index in [0.29, 0.717) is 22.7 Å². The molecule has 208 valence electrons. The van der Waals surface area contributed by atoms with Crippen LogP contribution in [0, 0.1) is 19.8 Å². The van der Waals surface area contributed by atoms with Crippen molar-refractivity contribution >= 4 is 43.2 Å². The quantitative estimate of drug-likeness (QED) is 0.255. The third kappa shape index (κ3) is 5.48. The van der Waals surface area contributed by atoms with Crippen molar-refractivity contribution < 1.29 is 23.7 Å². The molecule has 13 heteroatoms. The lowest BCUT2D eigenvalue weighted by atomic mass is 10.0. The number of aromatic nitrogens is 4. The molecule has 1 saturated carbocycles. The van der Waals surface area contributed by atoms with Crippen LogP contribution in [-0.2, 0) is 9.84 Å². The molecule has 0 radical (unpaired) electrons. The summed E-state index contributed by atoms with van der Waals surface area (Å²) in [5.74, 6) is -0.168. The molecule has 0 bridgehead atoms. The van der Waals surface area contributed by atoms with Gasteiger partial charge in [0, 0.05) is 24.8 Å². The van der Waals surface area contributed by atoms with Crippen LogP contribution in [0.5, 0.6) is 0 Å². The third-order valence-corrected chi connectivity index (χ3v) is 10.8. The Morgan fingerprint density at radius 2 is 1.92 bits per heavy atom. The summed E-state index contributed by atoms with van der Waals surface area (Å²) in [5, 5.41) is 38.4. The predicted octanol–water partition coefficient (Wildman–Crippen LogP) is 2.64. The highest BCUT2D eigenvalue weighted by Crippen LogP contribution is 2.41. The molecular formula is C25H36N6O5S2. The van der Waals surface area contributed by atoms with Gasteiger partial charge in [-0.2, -0.15) is 4.98 Å². The van der Waals surface area contributed by atoms with Crippen molar-refractivity contribution in [3.8, 4) is 10.6 Å². The Labute approximate surface area is 226 Å². The van der Waals surface area contributed by atoms with Gasteiger partial charge in [-0.3, -0.25) is 4.98 Å². The van der Waals surface area contributed by atoms with Crippen LogP contribution in [-0.4, -0.2) is 78.7 Å². The minimum absolute atomic E-state index is 0.117. The van der Waals surface area contributed by atoms with E-state index in [9.17, 15) is 23.7 Å². The fourth-order valence-corrected chi connectivity index (χ4v) is 6.90. The predicted molar refractivity (Wildman–Crippen MR) is 149 cm³/mol. The maximum absolute atomic E-state index is 12.7. The number of hydrogen-bond acceptors (Lipinski definition) is 12. The van der Waals surface area contributed by atoms with Gasteiger partial charge in [0.1, 0.15) is 22.4 Å². The smallest absolute Gasteiger partial charge is 0.225 e. The second-order valence-corrected chi connectivity index (χ2v) is 14.9. The summed E-state index contributed by atoms with van der Waals surface area (Å²) in [6.45, 7) is 10.1. The maximum Gasteiger partial charge on any atom is 0.225 e. The van der Waals surface area contributed by atoms with Gasteiger partial charge in [0.25, 0.3) is 0 Å². The molecule has 5 N–H and O–H groups in total. The average Bonchev–Trinajstić information content (AvgIpc) is 3.34. The average molecular weight is 565 g/mol. The topological polar surface area (TPSA) is 170 Å². The second kappa shape index (κ2) is 10.3. The second-order valence-electron chi connectivity index (χ2n) is 11.0. The molecule has 3 aromatic heterocycles. The molecule has 0 saturated heterocycles. The molecule has 0 aliphatic heterocycles. The summed E-state index contributed by atoms with van der Waals surface area (Å²) in [6.07, 6.45) is 1.13. The zero-order valence-electron chi connectivity index (χ0n) is 22.5. The molecule has 0 aromatic carbocycles. The summed E-state index contributed by atoms with van der Waals surface area (Å²) in [5.41, 5.74) is 0.909. The summed E-state index contributed by atoms with van der Waals surface area (Å²) in [7, 11) is -3.40. The summed E-state index contributed by atoms with van der Waals surface area (Å²) in [4.78, 5) is 18.3. The fourth-order valence-electron chi connectivity index (χ4n) is 4.55. The molecule has 3 heterocycles. The van der Waals surface area contributed by atoms with Crippen molar-refractivity contribution in [1.29, 1.82) is 0 Å². The lowest BCUT2D eigenvalue weighted by Crippen LogP contribution is -2.48. The molecule has 4 atom stereocenters. The van der Waals surface area contributed by atoms with E-state index in [1.165, 1.54) is 11.3 Å². The monoisotopic (exact) mass is 564 g/mol. The molecule has 4 unspecified atom stereocenters. The summed E-state index contributed by atoms with van der Waals surface area (Å²) >= 11 is 1.43. The van der Waals surface area contributed by atoms with Gasteiger partial charge in [-0.15, -0.1) is 11.3 Å². The Kier molecular flexibility index (Phi) is 7.71. The van der Waals surface area contributed by atoms with E-state index in [-0.39, 0.29) is 30.5 Å². The van der Waals surface area contributed by atoms with Crippen molar-refractivity contribution in [2.75, 3.05) is 23.0 Å². The van der Waals surface area contributed by atoms with Crippen LogP contribution >= 0.6 is 11.3 Å². The molecule has 0 amide bonds. The number of pyridine rings is 1. The van der Waals surface area contributed by atoms with Crippen molar-refractivity contribution in [3.63, 3.8) is 0 Å². The third-order valence-electron chi connectivity index (χ3n) is 6.97. The Balaban J connectivity index is 1.76. The highest BCUT2D eigenvalue weighted by Gasteiger charge is 2.47. The van der Waals surface area contributed by atoms with Crippen LogP contribution in [0.25, 0.3) is 20.8 Å². The van der Waals surface area contributed by atoms with E-state index in [1.807, 2.05) is 13.0 Å². The number of aliphatic hydroxyl groups excluding tert-OH is 2. The zero-order valence-corrected chi connectivity index (χ0v) is 24.1. The number of anilines is 2. The van der Waals surface area contributed by atoms with Gasteiger partial charge in [-0.25, -0.2) is 18.4 Å². The SMILES string of the molecule is Cc1nc(NC(C)CS(=O)(=O)C(C)(C)C)nc(NC2(O)CCC(CO)C2O)c1-c1nc2c(C)nccc2s1. The number of sulfone groups is 1. The number of nitrogens with zero attached hydrogens (tertiary/aromatic N) is 4. The largest absolute Gasteiger partial charge is 0.396 e. The van der Waals surface area contributed by atoms with E-state index >= 15 is 0 Å². The molecule has 4 rings (SSSR count). The fraction of sp³-hybridized carbons (Fsp3) is 0.600. The molecule has 3 aromatic rings. The van der Waals surface area contributed by atoms with Crippen LogP contribution in [0.1, 0.15) is 51.9 Å². The van der Waals surface area contributed by atoms with Crippen molar-refractivity contribution in [3.05, 3.63) is 23.7 Å². The Hall–Kier alpha value is -2.45. The summed E-state index contributed by atoms with van der Waals surface area (Å²) < 4.78 is 25.5. The number of aryl methyl sites for hydroxylation is 2. The number of fused-ring (bicyclic) bond motifs is 1. The number of hydrogen-bond donors (Lipinski definition) is 5. The van der Waals surface area contributed by atoms with Crippen molar-refractivity contribution in [2.24, 2.45) is 5.92 Å². The van der Waals surface area contributed by atoms with E-state index < -0.39 is 38.4 Å². The van der Waals surface area contributed by atoms with Gasteiger partial charge >= 0.3 is 0 Å². The van der Waals surface area contributed by atoms with Crippen LogP contribution in [0.4, 0.5) is 11.8 Å². The molecule has 11 nitrogen and oxygen atoms in total. The van der Waals surface area contributed by atoms with E-state index in [4.69, 9.17) is 4.98 Å². The lowest BCUT2D eigenvalue weighted by molar-refractivity contribution is -0.0545. The first-order valence-electron chi connectivity index (χ1n) is 12.5. The molecular weight excluding hydrogens is 528 g/mol. The highest BCUT2D eigenvalue weighted by atomic mass is 32.2. The molecule has 1 aliphatic carbocycles. The van der Waals surface area contributed by atoms with Crippen LogP contribution < -0.4 is 10.6 Å².